The molecule has 1 fully saturated rings. The molecule has 1 aliphatic rings. The van der Waals surface area contributed by atoms with E-state index in [1.54, 1.807) is 11.3 Å². The zero-order chi connectivity index (χ0) is 12.1. The first-order valence-corrected chi connectivity index (χ1v) is 7.22. The van der Waals surface area contributed by atoms with Gasteiger partial charge in [-0.15, -0.1) is 10.2 Å². The summed E-state index contributed by atoms with van der Waals surface area (Å²) in [6.45, 7) is 5.76. The monoisotopic (exact) mass is 255 g/mol. The SMILES string of the molecule is CC(C)OCc1nnc(CCCNC2CC2)s1. The third-order valence-corrected chi connectivity index (χ3v) is 3.58. The highest BCUT2D eigenvalue weighted by molar-refractivity contribution is 7.11. The maximum Gasteiger partial charge on any atom is 0.143 e. The van der Waals surface area contributed by atoms with Crippen LogP contribution in [-0.2, 0) is 17.8 Å². The topological polar surface area (TPSA) is 47.0 Å². The molecule has 0 bridgehead atoms. The fourth-order valence-corrected chi connectivity index (χ4v) is 2.33. The second-order valence-electron chi connectivity index (χ2n) is 4.78. The van der Waals surface area contributed by atoms with Crippen LogP contribution in [0.5, 0.6) is 0 Å². The van der Waals surface area contributed by atoms with Crippen LogP contribution in [-0.4, -0.2) is 28.9 Å². The van der Waals surface area contributed by atoms with E-state index in [1.165, 1.54) is 12.8 Å². The largest absolute Gasteiger partial charge is 0.372 e. The Hall–Kier alpha value is -0.520. The van der Waals surface area contributed by atoms with Gasteiger partial charge in [0.25, 0.3) is 0 Å². The van der Waals surface area contributed by atoms with Crippen LogP contribution in [0.25, 0.3) is 0 Å². The maximum atomic E-state index is 5.50. The lowest BCUT2D eigenvalue weighted by molar-refractivity contribution is 0.0652. The van der Waals surface area contributed by atoms with Crippen LogP contribution in [0, 0.1) is 0 Å². The summed E-state index contributed by atoms with van der Waals surface area (Å²) in [5.41, 5.74) is 0. The Bertz CT molecular complexity index is 336. The van der Waals surface area contributed by atoms with Crippen LogP contribution >= 0.6 is 11.3 Å². The fraction of sp³-hybridized carbons (Fsp3) is 0.833. The fourth-order valence-electron chi connectivity index (χ4n) is 1.52. The van der Waals surface area contributed by atoms with Gasteiger partial charge in [-0.25, -0.2) is 0 Å². The van der Waals surface area contributed by atoms with Crippen molar-refractivity contribution in [2.24, 2.45) is 0 Å². The van der Waals surface area contributed by atoms with Crippen LogP contribution < -0.4 is 5.32 Å². The van der Waals surface area contributed by atoms with Crippen molar-refractivity contribution in [1.29, 1.82) is 0 Å². The summed E-state index contributed by atoms with van der Waals surface area (Å²) in [5.74, 6) is 0. The van der Waals surface area contributed by atoms with Gasteiger partial charge in [0.1, 0.15) is 16.6 Å². The number of rotatable bonds is 8. The Morgan fingerprint density at radius 2 is 2.12 bits per heavy atom. The Morgan fingerprint density at radius 1 is 1.35 bits per heavy atom. The summed E-state index contributed by atoms with van der Waals surface area (Å²) in [7, 11) is 0. The Balaban J connectivity index is 1.62. The van der Waals surface area contributed by atoms with Crippen molar-refractivity contribution in [1.82, 2.24) is 15.5 Å². The minimum atomic E-state index is 0.255. The number of hydrogen-bond donors (Lipinski definition) is 1. The predicted octanol–water partition coefficient (Wildman–Crippen LogP) is 2.15. The van der Waals surface area contributed by atoms with Gasteiger partial charge in [-0.2, -0.15) is 0 Å². The summed E-state index contributed by atoms with van der Waals surface area (Å²) in [6.07, 6.45) is 5.14. The van der Waals surface area contributed by atoms with E-state index in [1.807, 2.05) is 13.8 Å². The summed E-state index contributed by atoms with van der Waals surface area (Å²) < 4.78 is 5.50. The average molecular weight is 255 g/mol. The highest BCUT2D eigenvalue weighted by atomic mass is 32.1. The molecule has 0 saturated heterocycles. The molecule has 1 aromatic rings. The van der Waals surface area contributed by atoms with E-state index in [0.29, 0.717) is 6.61 Å². The summed E-state index contributed by atoms with van der Waals surface area (Å²) in [5, 5.41) is 13.9. The summed E-state index contributed by atoms with van der Waals surface area (Å²) >= 11 is 1.67. The molecule has 1 aromatic heterocycles. The van der Waals surface area contributed by atoms with E-state index < -0.39 is 0 Å². The van der Waals surface area contributed by atoms with Crippen molar-refractivity contribution in [3.8, 4) is 0 Å². The molecule has 0 aromatic carbocycles. The van der Waals surface area contributed by atoms with Gasteiger partial charge >= 0.3 is 0 Å². The van der Waals surface area contributed by atoms with Gasteiger partial charge in [-0.05, 0) is 39.7 Å². The van der Waals surface area contributed by atoms with Crippen LogP contribution in [0.3, 0.4) is 0 Å². The van der Waals surface area contributed by atoms with Crippen LogP contribution in [0.15, 0.2) is 0 Å². The molecule has 17 heavy (non-hydrogen) atoms. The zero-order valence-corrected chi connectivity index (χ0v) is 11.4. The molecule has 0 spiro atoms. The average Bonchev–Trinajstić information content (AvgIpc) is 3.01. The van der Waals surface area contributed by atoms with Crippen LogP contribution in [0.2, 0.25) is 0 Å². The summed E-state index contributed by atoms with van der Waals surface area (Å²) in [6, 6.07) is 0.805. The van der Waals surface area contributed by atoms with Crippen molar-refractivity contribution in [3.63, 3.8) is 0 Å². The molecule has 0 radical (unpaired) electrons. The highest BCUT2D eigenvalue weighted by Crippen LogP contribution is 2.18. The first-order valence-electron chi connectivity index (χ1n) is 6.40. The lowest BCUT2D eigenvalue weighted by Gasteiger charge is -2.03. The van der Waals surface area contributed by atoms with Gasteiger partial charge in [-0.3, -0.25) is 0 Å². The smallest absolute Gasteiger partial charge is 0.143 e. The molecule has 1 saturated carbocycles. The maximum absolute atomic E-state index is 5.50. The van der Waals surface area contributed by atoms with Gasteiger partial charge < -0.3 is 10.1 Å². The third kappa shape index (κ3) is 5.10. The number of ether oxygens (including phenoxy) is 1. The molecule has 0 unspecified atom stereocenters. The lowest BCUT2D eigenvalue weighted by atomic mass is 10.3. The molecule has 1 heterocycles. The van der Waals surface area contributed by atoms with E-state index in [4.69, 9.17) is 4.74 Å². The quantitative estimate of drug-likeness (QED) is 0.723. The minimum Gasteiger partial charge on any atom is -0.372 e. The molecule has 0 amide bonds. The van der Waals surface area contributed by atoms with Crippen molar-refractivity contribution >= 4 is 11.3 Å². The van der Waals surface area contributed by atoms with Crippen LogP contribution in [0.4, 0.5) is 0 Å². The van der Waals surface area contributed by atoms with Gasteiger partial charge in [0, 0.05) is 12.5 Å². The third-order valence-electron chi connectivity index (χ3n) is 2.63. The number of aromatic nitrogens is 2. The number of nitrogens with one attached hydrogen (secondary N) is 1. The summed E-state index contributed by atoms with van der Waals surface area (Å²) in [4.78, 5) is 0. The number of aryl methyl sites for hydroxylation is 1. The molecule has 0 aliphatic heterocycles. The Kier molecular flexibility index (Phi) is 4.88. The van der Waals surface area contributed by atoms with Gasteiger partial charge in [-0.1, -0.05) is 11.3 Å². The lowest BCUT2D eigenvalue weighted by Crippen LogP contribution is -2.17. The first-order chi connectivity index (χ1) is 8.24. The Morgan fingerprint density at radius 3 is 2.82 bits per heavy atom. The standard InChI is InChI=1S/C12H21N3OS/c1-9(2)16-8-12-15-14-11(17-12)4-3-7-13-10-5-6-10/h9-10,13H,3-8H2,1-2H3. The van der Waals surface area contributed by atoms with E-state index in [0.717, 1.165) is 35.4 Å². The molecule has 0 atom stereocenters. The van der Waals surface area contributed by atoms with Crippen LogP contribution in [0.1, 0.15) is 43.1 Å². The highest BCUT2D eigenvalue weighted by Gasteiger charge is 2.19. The van der Waals surface area contributed by atoms with E-state index in [-0.39, 0.29) is 6.10 Å². The second kappa shape index (κ2) is 6.42. The van der Waals surface area contributed by atoms with Crippen molar-refractivity contribution in [2.45, 2.75) is 58.3 Å². The second-order valence-corrected chi connectivity index (χ2v) is 5.93. The minimum absolute atomic E-state index is 0.255. The van der Waals surface area contributed by atoms with Gasteiger partial charge in [0.05, 0.1) is 6.10 Å². The van der Waals surface area contributed by atoms with Crippen molar-refractivity contribution in [3.05, 3.63) is 10.0 Å². The van der Waals surface area contributed by atoms with Crippen molar-refractivity contribution < 1.29 is 4.74 Å². The van der Waals surface area contributed by atoms with E-state index in [9.17, 15) is 0 Å². The number of hydrogen-bond acceptors (Lipinski definition) is 5. The van der Waals surface area contributed by atoms with Gasteiger partial charge in [0.15, 0.2) is 0 Å². The van der Waals surface area contributed by atoms with Crippen molar-refractivity contribution in [2.75, 3.05) is 6.54 Å². The molecule has 96 valence electrons. The molecule has 1 aliphatic carbocycles. The molecular weight excluding hydrogens is 234 g/mol. The molecule has 2 rings (SSSR count). The molecular formula is C12H21N3OS. The first kappa shape index (κ1) is 12.9. The zero-order valence-electron chi connectivity index (χ0n) is 10.6. The normalized spacial score (nSPS) is 15.7. The Labute approximate surface area is 107 Å². The van der Waals surface area contributed by atoms with E-state index >= 15 is 0 Å². The predicted molar refractivity (Wildman–Crippen MR) is 69.2 cm³/mol. The molecule has 4 nitrogen and oxygen atoms in total. The molecule has 1 N–H and O–H groups in total. The molecule has 5 heteroatoms. The van der Waals surface area contributed by atoms with Gasteiger partial charge in [0.2, 0.25) is 0 Å². The number of nitrogens with zero attached hydrogens (tertiary/aromatic N) is 2. The van der Waals surface area contributed by atoms with E-state index in [2.05, 4.69) is 15.5 Å².